The van der Waals surface area contributed by atoms with Crippen LogP contribution in [0, 0.1) is 20.8 Å². The minimum absolute atomic E-state index is 0.0742. The highest BCUT2D eigenvalue weighted by atomic mass is 16.6. The fourth-order valence-electron chi connectivity index (χ4n) is 2.52. The van der Waals surface area contributed by atoms with Crippen molar-refractivity contribution in [3.8, 4) is 5.75 Å². The number of ether oxygens (including phenoxy) is 2. The zero-order valence-electron chi connectivity index (χ0n) is 15.0. The van der Waals surface area contributed by atoms with Crippen molar-refractivity contribution in [2.24, 2.45) is 0 Å². The summed E-state index contributed by atoms with van der Waals surface area (Å²) in [6, 6.07) is 10.6. The normalized spacial score (nSPS) is 10.7. The predicted molar refractivity (Wildman–Crippen MR) is 97.4 cm³/mol. The number of aromatic nitrogens is 2. The predicted octanol–water partition coefficient (Wildman–Crippen LogP) is 2.74. The zero-order chi connectivity index (χ0) is 18.7. The van der Waals surface area contributed by atoms with Gasteiger partial charge in [-0.1, -0.05) is 12.1 Å². The molecule has 0 bridgehead atoms. The van der Waals surface area contributed by atoms with Crippen LogP contribution in [-0.4, -0.2) is 22.0 Å². The molecule has 0 spiro atoms. The number of benzene rings is 1. The van der Waals surface area contributed by atoms with E-state index in [4.69, 9.17) is 9.47 Å². The quantitative estimate of drug-likeness (QED) is 0.661. The van der Waals surface area contributed by atoms with Crippen molar-refractivity contribution in [2.45, 2.75) is 27.4 Å². The van der Waals surface area contributed by atoms with Crippen molar-refractivity contribution in [2.75, 3.05) is 6.61 Å². The van der Waals surface area contributed by atoms with Crippen LogP contribution in [0.4, 0.5) is 0 Å². The van der Waals surface area contributed by atoms with Gasteiger partial charge in [-0.2, -0.15) is 0 Å². The second-order valence-corrected chi connectivity index (χ2v) is 6.17. The minimum atomic E-state index is -0.519. The molecule has 26 heavy (non-hydrogen) atoms. The van der Waals surface area contributed by atoms with Gasteiger partial charge in [0.05, 0.1) is 5.69 Å². The Morgan fingerprint density at radius 3 is 2.65 bits per heavy atom. The Balaban J connectivity index is 1.62. The molecule has 3 rings (SSSR count). The van der Waals surface area contributed by atoms with Crippen LogP contribution in [0.3, 0.4) is 0 Å². The van der Waals surface area contributed by atoms with Crippen molar-refractivity contribution < 1.29 is 14.3 Å². The first-order valence-corrected chi connectivity index (χ1v) is 8.27. The van der Waals surface area contributed by atoms with E-state index in [9.17, 15) is 9.59 Å². The largest absolute Gasteiger partial charge is 0.482 e. The van der Waals surface area contributed by atoms with Crippen LogP contribution in [0.2, 0.25) is 0 Å². The molecule has 6 heteroatoms. The topological polar surface area (TPSA) is 69.9 Å². The van der Waals surface area contributed by atoms with Gasteiger partial charge in [-0.3, -0.25) is 9.20 Å². The Bertz CT molecular complexity index is 1020. The molecular weight excluding hydrogens is 332 g/mol. The summed E-state index contributed by atoms with van der Waals surface area (Å²) >= 11 is 0. The number of nitrogens with zero attached hydrogens (tertiary/aromatic N) is 2. The number of pyridine rings is 1. The molecule has 0 aliphatic rings. The molecule has 0 fully saturated rings. The third-order valence-electron chi connectivity index (χ3n) is 4.16. The molecule has 3 aromatic rings. The molecule has 134 valence electrons. The zero-order valence-corrected chi connectivity index (χ0v) is 15.0. The lowest BCUT2D eigenvalue weighted by molar-refractivity contribution is -0.147. The first-order chi connectivity index (χ1) is 12.4. The van der Waals surface area contributed by atoms with E-state index >= 15 is 0 Å². The number of esters is 1. The summed E-state index contributed by atoms with van der Waals surface area (Å²) < 4.78 is 12.1. The Morgan fingerprint density at radius 2 is 1.88 bits per heavy atom. The van der Waals surface area contributed by atoms with E-state index in [1.54, 1.807) is 12.3 Å². The number of aryl methyl sites for hydroxylation is 3. The minimum Gasteiger partial charge on any atom is -0.482 e. The van der Waals surface area contributed by atoms with E-state index < -0.39 is 5.97 Å². The molecule has 0 amide bonds. The van der Waals surface area contributed by atoms with E-state index in [2.05, 4.69) is 4.98 Å². The highest BCUT2D eigenvalue weighted by molar-refractivity contribution is 5.71. The number of carbonyl (C=O) groups is 1. The molecule has 6 nitrogen and oxygen atoms in total. The van der Waals surface area contributed by atoms with Crippen molar-refractivity contribution in [3.05, 3.63) is 75.3 Å². The Labute approximate surface area is 151 Å². The van der Waals surface area contributed by atoms with Crippen LogP contribution in [0.15, 0.2) is 47.4 Å². The van der Waals surface area contributed by atoms with Gasteiger partial charge in [-0.25, -0.2) is 9.78 Å². The van der Waals surface area contributed by atoms with E-state index in [1.165, 1.54) is 10.5 Å². The van der Waals surface area contributed by atoms with Gasteiger partial charge in [0.2, 0.25) is 0 Å². The van der Waals surface area contributed by atoms with Crippen LogP contribution >= 0.6 is 0 Å². The number of fused-ring (bicyclic) bond motifs is 1. The molecule has 2 aromatic heterocycles. The molecule has 0 saturated carbocycles. The maximum Gasteiger partial charge on any atom is 0.344 e. The van der Waals surface area contributed by atoms with E-state index in [1.807, 2.05) is 45.0 Å². The molecule has 0 atom stereocenters. The lowest BCUT2D eigenvalue weighted by Crippen LogP contribution is -2.19. The average Bonchev–Trinajstić information content (AvgIpc) is 2.62. The molecular formula is C20H20N2O4. The molecule has 0 unspecified atom stereocenters. The summed E-state index contributed by atoms with van der Waals surface area (Å²) in [6.45, 7) is 5.58. The van der Waals surface area contributed by atoms with Gasteiger partial charge in [0.1, 0.15) is 18.0 Å². The molecule has 0 aliphatic heterocycles. The second kappa shape index (κ2) is 7.39. The standard InChI is InChI=1S/C20H20N2O4/c1-13-6-7-17(9-15(13)3)25-12-19(24)26-11-16-10-18(23)22-8-4-5-14(2)20(22)21-16/h4-10H,11-12H2,1-3H3. The van der Waals surface area contributed by atoms with E-state index in [-0.39, 0.29) is 18.8 Å². The van der Waals surface area contributed by atoms with Crippen molar-refractivity contribution >= 4 is 11.6 Å². The third kappa shape index (κ3) is 3.91. The number of carbonyl (C=O) groups excluding carboxylic acids is 1. The summed E-state index contributed by atoms with van der Waals surface area (Å²) in [7, 11) is 0. The first-order valence-electron chi connectivity index (χ1n) is 8.27. The van der Waals surface area contributed by atoms with Gasteiger partial charge >= 0.3 is 5.97 Å². The van der Waals surface area contributed by atoms with Gasteiger partial charge in [-0.05, 0) is 55.7 Å². The lowest BCUT2D eigenvalue weighted by Gasteiger charge is -2.09. The first kappa shape index (κ1) is 17.7. The lowest BCUT2D eigenvalue weighted by atomic mass is 10.1. The van der Waals surface area contributed by atoms with Crippen LogP contribution in [0.1, 0.15) is 22.4 Å². The highest BCUT2D eigenvalue weighted by Crippen LogP contribution is 2.16. The van der Waals surface area contributed by atoms with Crippen LogP contribution in [0.5, 0.6) is 5.75 Å². The fraction of sp³-hybridized carbons (Fsp3) is 0.250. The molecule has 0 aliphatic carbocycles. The Hall–Kier alpha value is -3.15. The fourth-order valence-corrected chi connectivity index (χ4v) is 2.52. The Morgan fingerprint density at radius 1 is 1.08 bits per heavy atom. The number of hydrogen-bond donors (Lipinski definition) is 0. The number of rotatable bonds is 5. The SMILES string of the molecule is Cc1ccc(OCC(=O)OCc2cc(=O)n3cccc(C)c3n2)cc1C. The summed E-state index contributed by atoms with van der Waals surface area (Å²) in [5.41, 5.74) is 3.87. The van der Waals surface area contributed by atoms with Gasteiger partial charge in [0, 0.05) is 12.3 Å². The van der Waals surface area contributed by atoms with Crippen LogP contribution < -0.4 is 10.3 Å². The summed E-state index contributed by atoms with van der Waals surface area (Å²) in [4.78, 5) is 28.4. The molecule has 0 N–H and O–H groups in total. The average molecular weight is 352 g/mol. The van der Waals surface area contributed by atoms with E-state index in [0.29, 0.717) is 17.1 Å². The summed E-state index contributed by atoms with van der Waals surface area (Å²) in [5.74, 6) is 0.0951. The van der Waals surface area contributed by atoms with Crippen LogP contribution in [-0.2, 0) is 16.1 Å². The van der Waals surface area contributed by atoms with Crippen molar-refractivity contribution in [1.29, 1.82) is 0 Å². The second-order valence-electron chi connectivity index (χ2n) is 6.17. The van der Waals surface area contributed by atoms with Crippen molar-refractivity contribution in [3.63, 3.8) is 0 Å². The van der Waals surface area contributed by atoms with Crippen LogP contribution in [0.25, 0.3) is 5.65 Å². The van der Waals surface area contributed by atoms with E-state index in [0.717, 1.165) is 16.7 Å². The Kier molecular flexibility index (Phi) is 5.02. The summed E-state index contributed by atoms with van der Waals surface area (Å²) in [5, 5.41) is 0. The smallest absolute Gasteiger partial charge is 0.344 e. The molecule has 1 aromatic carbocycles. The van der Waals surface area contributed by atoms with Gasteiger partial charge < -0.3 is 9.47 Å². The number of hydrogen-bond acceptors (Lipinski definition) is 5. The third-order valence-corrected chi connectivity index (χ3v) is 4.16. The summed E-state index contributed by atoms with van der Waals surface area (Å²) in [6.07, 6.45) is 1.66. The monoisotopic (exact) mass is 352 g/mol. The molecule has 0 saturated heterocycles. The van der Waals surface area contributed by atoms with Gasteiger partial charge in [0.15, 0.2) is 6.61 Å². The molecule has 0 radical (unpaired) electrons. The van der Waals surface area contributed by atoms with Crippen molar-refractivity contribution in [1.82, 2.24) is 9.38 Å². The maximum absolute atomic E-state index is 12.1. The van der Waals surface area contributed by atoms with Gasteiger partial charge in [-0.15, -0.1) is 0 Å². The molecule has 2 heterocycles. The van der Waals surface area contributed by atoms with Gasteiger partial charge in [0.25, 0.3) is 5.56 Å². The maximum atomic E-state index is 12.1. The highest BCUT2D eigenvalue weighted by Gasteiger charge is 2.09.